The SMILES string of the molecule is CCc1ccccc1N(CC(=O)N(Cc1ccccc1Cl)C(Cc1ccccc1)C(=O)NCC(C)C)S(C)(=O)=O. The van der Waals surface area contributed by atoms with Crippen LogP contribution in [0.15, 0.2) is 78.9 Å². The van der Waals surface area contributed by atoms with Gasteiger partial charge in [-0.1, -0.05) is 99.1 Å². The summed E-state index contributed by atoms with van der Waals surface area (Å²) in [5, 5.41) is 3.43. The molecule has 9 heteroatoms. The zero-order valence-corrected chi connectivity index (χ0v) is 25.1. The molecule has 40 heavy (non-hydrogen) atoms. The quantitative estimate of drug-likeness (QED) is 0.304. The monoisotopic (exact) mass is 583 g/mol. The Balaban J connectivity index is 2.08. The minimum Gasteiger partial charge on any atom is -0.354 e. The number of carbonyl (C=O) groups is 2. The normalized spacial score (nSPS) is 12.2. The fourth-order valence-electron chi connectivity index (χ4n) is 4.43. The van der Waals surface area contributed by atoms with Crippen molar-refractivity contribution in [2.24, 2.45) is 5.92 Å². The first-order valence-corrected chi connectivity index (χ1v) is 15.6. The van der Waals surface area contributed by atoms with Gasteiger partial charge in [0.15, 0.2) is 0 Å². The van der Waals surface area contributed by atoms with E-state index >= 15 is 0 Å². The zero-order valence-electron chi connectivity index (χ0n) is 23.5. The van der Waals surface area contributed by atoms with Crippen LogP contribution in [0, 0.1) is 5.92 Å². The molecule has 0 bridgehead atoms. The summed E-state index contributed by atoms with van der Waals surface area (Å²) in [6.07, 6.45) is 1.93. The first kappa shape index (κ1) is 31.2. The van der Waals surface area contributed by atoms with Crippen molar-refractivity contribution in [3.8, 4) is 0 Å². The molecule has 0 saturated carbocycles. The lowest BCUT2D eigenvalue weighted by Gasteiger charge is -2.34. The second-order valence-corrected chi connectivity index (χ2v) is 12.5. The molecule has 0 heterocycles. The van der Waals surface area contributed by atoms with Crippen molar-refractivity contribution in [2.45, 2.75) is 46.2 Å². The van der Waals surface area contributed by atoms with E-state index in [0.717, 1.165) is 21.7 Å². The molecule has 7 nitrogen and oxygen atoms in total. The van der Waals surface area contributed by atoms with Crippen molar-refractivity contribution in [3.05, 3.63) is 101 Å². The van der Waals surface area contributed by atoms with Crippen molar-refractivity contribution >= 4 is 39.1 Å². The van der Waals surface area contributed by atoms with E-state index < -0.39 is 28.5 Å². The lowest BCUT2D eigenvalue weighted by molar-refractivity contribution is -0.140. The highest BCUT2D eigenvalue weighted by molar-refractivity contribution is 7.92. The Morgan fingerprint density at radius 1 is 0.900 bits per heavy atom. The highest BCUT2D eigenvalue weighted by Crippen LogP contribution is 2.25. The molecule has 0 fully saturated rings. The van der Waals surface area contributed by atoms with Gasteiger partial charge in [0.1, 0.15) is 12.6 Å². The van der Waals surface area contributed by atoms with Gasteiger partial charge in [0, 0.05) is 24.5 Å². The number of nitrogens with zero attached hydrogens (tertiary/aromatic N) is 2. The lowest BCUT2D eigenvalue weighted by atomic mass is 10.0. The molecule has 0 aromatic heterocycles. The Labute approximate surface area is 243 Å². The number of aryl methyl sites for hydroxylation is 1. The number of anilines is 1. The molecule has 0 spiro atoms. The van der Waals surface area contributed by atoms with E-state index in [9.17, 15) is 18.0 Å². The average Bonchev–Trinajstić information content (AvgIpc) is 2.93. The molecular weight excluding hydrogens is 546 g/mol. The summed E-state index contributed by atoms with van der Waals surface area (Å²) in [6.45, 7) is 5.95. The number of hydrogen-bond acceptors (Lipinski definition) is 4. The Morgan fingerprint density at radius 3 is 2.10 bits per heavy atom. The molecule has 2 amide bonds. The summed E-state index contributed by atoms with van der Waals surface area (Å²) in [7, 11) is -3.83. The van der Waals surface area contributed by atoms with Gasteiger partial charge in [-0.2, -0.15) is 0 Å². The Hall–Kier alpha value is -3.36. The third kappa shape index (κ3) is 8.57. The standard InChI is InChI=1S/C31H38ClN3O4S/c1-5-25-15-10-12-18-28(25)35(40(4,38)39)22-30(36)34(21-26-16-9-11-17-27(26)32)29(31(37)33-20-23(2)3)19-24-13-7-6-8-14-24/h6-18,23,29H,5,19-22H2,1-4H3,(H,33,37). The van der Waals surface area contributed by atoms with Crippen molar-refractivity contribution in [1.29, 1.82) is 0 Å². The molecule has 1 unspecified atom stereocenters. The number of rotatable bonds is 13. The Bertz CT molecular complexity index is 1400. The molecule has 3 aromatic rings. The van der Waals surface area contributed by atoms with Gasteiger partial charge >= 0.3 is 0 Å². The molecule has 0 radical (unpaired) electrons. The van der Waals surface area contributed by atoms with E-state index in [1.54, 1.807) is 30.3 Å². The maximum absolute atomic E-state index is 14.2. The van der Waals surface area contributed by atoms with E-state index in [1.165, 1.54) is 4.90 Å². The number of nitrogens with one attached hydrogen (secondary N) is 1. The van der Waals surface area contributed by atoms with Gasteiger partial charge in [-0.3, -0.25) is 13.9 Å². The van der Waals surface area contributed by atoms with Crippen molar-refractivity contribution in [3.63, 3.8) is 0 Å². The smallest absolute Gasteiger partial charge is 0.244 e. The third-order valence-electron chi connectivity index (χ3n) is 6.57. The van der Waals surface area contributed by atoms with Gasteiger partial charge in [-0.25, -0.2) is 8.42 Å². The molecule has 0 aliphatic carbocycles. The summed E-state index contributed by atoms with van der Waals surface area (Å²) < 4.78 is 27.1. The minimum absolute atomic E-state index is 0.0398. The summed E-state index contributed by atoms with van der Waals surface area (Å²) in [4.78, 5) is 29.3. The molecule has 0 aliphatic heterocycles. The number of sulfonamides is 1. The van der Waals surface area contributed by atoms with Gasteiger partial charge in [0.2, 0.25) is 21.8 Å². The fourth-order valence-corrected chi connectivity index (χ4v) is 5.51. The molecule has 3 aromatic carbocycles. The van der Waals surface area contributed by atoms with Crippen molar-refractivity contribution in [2.75, 3.05) is 23.7 Å². The number of benzene rings is 3. The maximum Gasteiger partial charge on any atom is 0.244 e. The number of amides is 2. The number of carbonyl (C=O) groups excluding carboxylic acids is 2. The molecule has 214 valence electrons. The highest BCUT2D eigenvalue weighted by atomic mass is 35.5. The zero-order chi connectivity index (χ0) is 29.3. The van der Waals surface area contributed by atoms with Crippen LogP contribution < -0.4 is 9.62 Å². The van der Waals surface area contributed by atoms with Crippen LogP contribution in [0.2, 0.25) is 5.02 Å². The molecule has 3 rings (SSSR count). The van der Waals surface area contributed by atoms with Gasteiger partial charge in [0.25, 0.3) is 0 Å². The second kappa shape index (κ2) is 14.3. The maximum atomic E-state index is 14.2. The van der Waals surface area contributed by atoms with E-state index in [0.29, 0.717) is 29.2 Å². The average molecular weight is 584 g/mol. The van der Waals surface area contributed by atoms with Crippen LogP contribution >= 0.6 is 11.6 Å². The number of halogens is 1. The summed E-state index contributed by atoms with van der Waals surface area (Å²) in [6, 6.07) is 22.8. The second-order valence-electron chi connectivity index (χ2n) is 10.2. The Morgan fingerprint density at radius 2 is 1.50 bits per heavy atom. The van der Waals surface area contributed by atoms with Gasteiger partial charge in [-0.15, -0.1) is 0 Å². The van der Waals surface area contributed by atoms with E-state index in [-0.39, 0.29) is 24.8 Å². The summed E-state index contributed by atoms with van der Waals surface area (Å²) in [5.74, 6) is -0.602. The van der Waals surface area contributed by atoms with Crippen LogP contribution in [-0.2, 0) is 39.0 Å². The number of para-hydroxylation sites is 1. The minimum atomic E-state index is -3.83. The molecule has 1 atom stereocenters. The predicted molar refractivity (Wildman–Crippen MR) is 162 cm³/mol. The van der Waals surface area contributed by atoms with Crippen molar-refractivity contribution < 1.29 is 18.0 Å². The largest absolute Gasteiger partial charge is 0.354 e. The first-order valence-electron chi connectivity index (χ1n) is 13.4. The predicted octanol–water partition coefficient (Wildman–Crippen LogP) is 5.08. The number of hydrogen-bond donors (Lipinski definition) is 1. The van der Waals surface area contributed by atoms with Crippen LogP contribution in [0.4, 0.5) is 5.69 Å². The van der Waals surface area contributed by atoms with E-state index in [1.807, 2.05) is 69.3 Å². The summed E-state index contributed by atoms with van der Waals surface area (Å²) >= 11 is 6.49. The molecule has 0 saturated heterocycles. The van der Waals surface area contributed by atoms with E-state index in [4.69, 9.17) is 11.6 Å². The van der Waals surface area contributed by atoms with Gasteiger partial charge < -0.3 is 10.2 Å². The Kier molecular flexibility index (Phi) is 11.2. The van der Waals surface area contributed by atoms with Crippen LogP contribution in [0.1, 0.15) is 37.5 Å². The topological polar surface area (TPSA) is 86.8 Å². The molecule has 0 aliphatic rings. The van der Waals surface area contributed by atoms with Crippen LogP contribution in [0.3, 0.4) is 0 Å². The highest BCUT2D eigenvalue weighted by Gasteiger charge is 2.33. The van der Waals surface area contributed by atoms with Crippen LogP contribution in [0.25, 0.3) is 0 Å². The van der Waals surface area contributed by atoms with Crippen LogP contribution in [-0.4, -0.2) is 50.5 Å². The van der Waals surface area contributed by atoms with E-state index in [2.05, 4.69) is 5.32 Å². The fraction of sp³-hybridized carbons (Fsp3) is 0.355. The van der Waals surface area contributed by atoms with Gasteiger partial charge in [-0.05, 0) is 41.2 Å². The lowest BCUT2D eigenvalue weighted by Crippen LogP contribution is -2.53. The van der Waals surface area contributed by atoms with Gasteiger partial charge in [0.05, 0.1) is 11.9 Å². The summed E-state index contributed by atoms with van der Waals surface area (Å²) in [5.41, 5.74) is 2.78. The first-order chi connectivity index (χ1) is 19.0. The van der Waals surface area contributed by atoms with Crippen LogP contribution in [0.5, 0.6) is 0 Å². The molecule has 1 N–H and O–H groups in total. The third-order valence-corrected chi connectivity index (χ3v) is 8.07. The van der Waals surface area contributed by atoms with Crippen molar-refractivity contribution in [1.82, 2.24) is 10.2 Å². The molecular formula is C31H38ClN3O4S.